The van der Waals surface area contributed by atoms with Crippen LogP contribution in [0.3, 0.4) is 0 Å². The summed E-state index contributed by atoms with van der Waals surface area (Å²) in [7, 11) is 1.69. The van der Waals surface area contributed by atoms with E-state index in [0.29, 0.717) is 25.2 Å². The van der Waals surface area contributed by atoms with Crippen molar-refractivity contribution in [1.29, 1.82) is 0 Å². The number of aryl methyl sites for hydroxylation is 1. The number of rotatable bonds is 9. The fourth-order valence-corrected chi connectivity index (χ4v) is 4.50. The number of benzene rings is 1. The molecule has 5 rings (SSSR count). The van der Waals surface area contributed by atoms with Gasteiger partial charge in [-0.25, -0.2) is 4.98 Å². The fraction of sp³-hybridized carbons (Fsp3) is 0.480. The Morgan fingerprint density at radius 1 is 1.15 bits per heavy atom. The second-order valence-electron chi connectivity index (χ2n) is 9.14. The van der Waals surface area contributed by atoms with Crippen molar-refractivity contribution in [3.8, 4) is 11.1 Å². The Balaban J connectivity index is 1.48. The first kappa shape index (κ1) is 21.7. The SMILES string of the molecule is COCCNc1cc(NC2CCCC2)nc2c(-c3ccc(C(=O)NC4CC4)c(C)c3)cnn12. The number of fused-ring (bicyclic) bond motifs is 1. The van der Waals surface area contributed by atoms with Gasteiger partial charge >= 0.3 is 0 Å². The minimum atomic E-state index is 0.00668. The molecule has 0 saturated heterocycles. The van der Waals surface area contributed by atoms with Gasteiger partial charge in [-0.15, -0.1) is 0 Å². The smallest absolute Gasteiger partial charge is 0.251 e. The quantitative estimate of drug-likeness (QED) is 0.429. The highest BCUT2D eigenvalue weighted by atomic mass is 16.5. The summed E-state index contributed by atoms with van der Waals surface area (Å²) in [6.07, 6.45) is 8.88. The third kappa shape index (κ3) is 4.80. The molecule has 33 heavy (non-hydrogen) atoms. The lowest BCUT2D eigenvalue weighted by Crippen LogP contribution is -2.26. The summed E-state index contributed by atoms with van der Waals surface area (Å²) in [6.45, 7) is 3.26. The highest BCUT2D eigenvalue weighted by Gasteiger charge is 2.24. The van der Waals surface area contributed by atoms with Gasteiger partial charge in [0.25, 0.3) is 5.91 Å². The van der Waals surface area contributed by atoms with Crippen molar-refractivity contribution in [2.45, 2.75) is 57.5 Å². The van der Waals surface area contributed by atoms with Crippen LogP contribution in [0.1, 0.15) is 54.4 Å². The van der Waals surface area contributed by atoms with Crippen molar-refractivity contribution in [3.63, 3.8) is 0 Å². The molecule has 0 bridgehead atoms. The molecule has 3 aromatic rings. The molecule has 0 atom stereocenters. The van der Waals surface area contributed by atoms with E-state index in [2.05, 4.69) is 27.1 Å². The van der Waals surface area contributed by atoms with E-state index in [0.717, 1.165) is 52.4 Å². The molecule has 2 fully saturated rings. The molecule has 1 amide bonds. The van der Waals surface area contributed by atoms with E-state index in [-0.39, 0.29) is 5.91 Å². The molecular weight excluding hydrogens is 416 g/mol. The van der Waals surface area contributed by atoms with Crippen LogP contribution in [0.25, 0.3) is 16.8 Å². The zero-order chi connectivity index (χ0) is 22.8. The standard InChI is InChI=1S/C25H32N6O2/c1-16-13-17(7-10-20(16)25(32)29-19-8-9-19)21-15-27-31-23(26-11-12-33-2)14-22(30-24(21)31)28-18-5-3-4-6-18/h7,10,13-15,18-19,26H,3-6,8-9,11-12H2,1-2H3,(H,28,30)(H,29,32). The second-order valence-corrected chi connectivity index (χ2v) is 9.14. The van der Waals surface area contributed by atoms with E-state index < -0.39 is 0 Å². The Bertz CT molecular complexity index is 1150. The summed E-state index contributed by atoms with van der Waals surface area (Å²) >= 11 is 0. The third-order valence-electron chi connectivity index (χ3n) is 6.49. The van der Waals surface area contributed by atoms with Crippen molar-refractivity contribution in [2.24, 2.45) is 0 Å². The van der Waals surface area contributed by atoms with Crippen molar-refractivity contribution in [3.05, 3.63) is 41.6 Å². The van der Waals surface area contributed by atoms with E-state index in [9.17, 15) is 4.79 Å². The summed E-state index contributed by atoms with van der Waals surface area (Å²) in [5.74, 6) is 1.74. The number of anilines is 2. The number of amides is 1. The first-order valence-electron chi connectivity index (χ1n) is 11.9. The van der Waals surface area contributed by atoms with E-state index in [4.69, 9.17) is 9.72 Å². The molecule has 0 unspecified atom stereocenters. The Hall–Kier alpha value is -3.13. The fourth-order valence-electron chi connectivity index (χ4n) is 4.50. The number of carbonyl (C=O) groups excluding carboxylic acids is 1. The number of carbonyl (C=O) groups is 1. The average Bonchev–Trinajstić information content (AvgIpc) is 3.28. The highest BCUT2D eigenvalue weighted by Crippen LogP contribution is 2.30. The third-order valence-corrected chi connectivity index (χ3v) is 6.49. The van der Waals surface area contributed by atoms with Gasteiger partial charge < -0.3 is 20.7 Å². The first-order chi connectivity index (χ1) is 16.1. The van der Waals surface area contributed by atoms with Crippen LogP contribution in [0.2, 0.25) is 0 Å². The molecule has 2 aromatic heterocycles. The molecule has 174 valence electrons. The van der Waals surface area contributed by atoms with Crippen LogP contribution in [0, 0.1) is 6.92 Å². The van der Waals surface area contributed by atoms with Gasteiger partial charge in [0.05, 0.1) is 12.8 Å². The van der Waals surface area contributed by atoms with Crippen molar-refractivity contribution in [1.82, 2.24) is 19.9 Å². The lowest BCUT2D eigenvalue weighted by atomic mass is 10.0. The molecule has 8 heteroatoms. The molecular formula is C25H32N6O2. The van der Waals surface area contributed by atoms with Crippen LogP contribution in [-0.4, -0.2) is 52.9 Å². The lowest BCUT2D eigenvalue weighted by molar-refractivity contribution is 0.0950. The maximum Gasteiger partial charge on any atom is 0.251 e. The molecule has 2 saturated carbocycles. The Morgan fingerprint density at radius 3 is 2.70 bits per heavy atom. The van der Waals surface area contributed by atoms with Crippen molar-refractivity contribution in [2.75, 3.05) is 30.9 Å². The van der Waals surface area contributed by atoms with Crippen LogP contribution >= 0.6 is 0 Å². The van der Waals surface area contributed by atoms with Crippen molar-refractivity contribution < 1.29 is 9.53 Å². The number of methoxy groups -OCH3 is 1. The van der Waals surface area contributed by atoms with Gasteiger partial charge in [0, 0.05) is 42.9 Å². The minimum Gasteiger partial charge on any atom is -0.383 e. The average molecular weight is 449 g/mol. The summed E-state index contributed by atoms with van der Waals surface area (Å²) < 4.78 is 7.04. The van der Waals surface area contributed by atoms with E-state index >= 15 is 0 Å². The molecule has 1 aromatic carbocycles. The number of nitrogens with zero attached hydrogens (tertiary/aromatic N) is 3. The molecule has 2 aliphatic carbocycles. The number of hydrogen-bond acceptors (Lipinski definition) is 6. The van der Waals surface area contributed by atoms with Crippen LogP contribution in [0.5, 0.6) is 0 Å². The van der Waals surface area contributed by atoms with Gasteiger partial charge in [-0.2, -0.15) is 9.61 Å². The van der Waals surface area contributed by atoms with Crippen LogP contribution in [0.15, 0.2) is 30.5 Å². The number of hydrogen-bond donors (Lipinski definition) is 3. The molecule has 3 N–H and O–H groups in total. The maximum absolute atomic E-state index is 12.5. The monoisotopic (exact) mass is 448 g/mol. The van der Waals surface area contributed by atoms with E-state index in [1.165, 1.54) is 25.7 Å². The zero-order valence-corrected chi connectivity index (χ0v) is 19.4. The molecule has 2 aliphatic rings. The topological polar surface area (TPSA) is 92.6 Å². The van der Waals surface area contributed by atoms with Gasteiger partial charge in [0.2, 0.25) is 0 Å². The Kier molecular flexibility index (Phi) is 6.17. The number of aromatic nitrogens is 3. The Morgan fingerprint density at radius 2 is 1.97 bits per heavy atom. The van der Waals surface area contributed by atoms with Crippen LogP contribution in [0.4, 0.5) is 11.6 Å². The first-order valence-corrected chi connectivity index (χ1v) is 11.9. The molecule has 0 aliphatic heterocycles. The van der Waals surface area contributed by atoms with Gasteiger partial charge in [-0.05, 0) is 49.8 Å². The molecule has 8 nitrogen and oxygen atoms in total. The molecule has 0 spiro atoms. The molecule has 0 radical (unpaired) electrons. The van der Waals surface area contributed by atoms with Crippen LogP contribution < -0.4 is 16.0 Å². The largest absolute Gasteiger partial charge is 0.383 e. The molecule has 2 heterocycles. The Labute approximate surface area is 194 Å². The number of ether oxygens (including phenoxy) is 1. The predicted molar refractivity (Wildman–Crippen MR) is 130 cm³/mol. The zero-order valence-electron chi connectivity index (χ0n) is 19.4. The number of nitrogens with one attached hydrogen (secondary N) is 3. The summed E-state index contributed by atoms with van der Waals surface area (Å²) in [5, 5.41) is 14.7. The predicted octanol–water partition coefficient (Wildman–Crippen LogP) is 4.01. The lowest BCUT2D eigenvalue weighted by Gasteiger charge is -2.16. The van der Waals surface area contributed by atoms with Crippen molar-refractivity contribution >= 4 is 23.2 Å². The van der Waals surface area contributed by atoms with Crippen LogP contribution in [-0.2, 0) is 4.74 Å². The summed E-state index contributed by atoms with van der Waals surface area (Å²) in [5.41, 5.74) is 4.40. The minimum absolute atomic E-state index is 0.00668. The van der Waals surface area contributed by atoms with Gasteiger partial charge in [0.1, 0.15) is 11.6 Å². The summed E-state index contributed by atoms with van der Waals surface area (Å²) in [6, 6.07) is 8.77. The second kappa shape index (κ2) is 9.39. The van der Waals surface area contributed by atoms with Gasteiger partial charge in [-0.1, -0.05) is 25.0 Å². The highest BCUT2D eigenvalue weighted by molar-refractivity contribution is 5.97. The van der Waals surface area contributed by atoms with E-state index in [1.54, 1.807) is 7.11 Å². The maximum atomic E-state index is 12.5. The summed E-state index contributed by atoms with van der Waals surface area (Å²) in [4.78, 5) is 17.5. The normalized spacial score (nSPS) is 16.3. The van der Waals surface area contributed by atoms with Gasteiger partial charge in [-0.3, -0.25) is 4.79 Å². The van der Waals surface area contributed by atoms with Gasteiger partial charge in [0.15, 0.2) is 5.65 Å². The van der Waals surface area contributed by atoms with E-state index in [1.807, 2.05) is 35.8 Å².